The van der Waals surface area contributed by atoms with Gasteiger partial charge in [0.2, 0.25) is 0 Å². The minimum Gasteiger partial charge on any atom is -0.493 e. The largest absolute Gasteiger partial charge is 0.493 e. The molecule has 0 heterocycles. The van der Waals surface area contributed by atoms with E-state index in [0.29, 0.717) is 12.4 Å². The maximum atomic E-state index is 12.2. The lowest BCUT2D eigenvalue weighted by atomic mass is 10.2. The number of benzene rings is 2. The molecule has 0 radical (unpaired) electrons. The first-order valence-corrected chi connectivity index (χ1v) is 7.93. The number of carbonyl (C=O) groups excluding carboxylic acids is 3. The van der Waals surface area contributed by atoms with Crippen molar-refractivity contribution in [2.45, 2.75) is 6.92 Å². The number of amides is 1. The van der Waals surface area contributed by atoms with Crippen molar-refractivity contribution in [3.63, 3.8) is 0 Å². The van der Waals surface area contributed by atoms with Crippen LogP contribution in [0.25, 0.3) is 0 Å². The molecule has 136 valence electrons. The first-order chi connectivity index (χ1) is 12.6. The van der Waals surface area contributed by atoms with Gasteiger partial charge in [0.25, 0.3) is 5.91 Å². The van der Waals surface area contributed by atoms with E-state index in [0.717, 1.165) is 0 Å². The SMILES string of the molecule is CCOc1ccccc1C(=O)OCC(=O)Nc1ccccc1C(=O)OC. The fourth-order valence-electron chi connectivity index (χ4n) is 2.19. The fourth-order valence-corrected chi connectivity index (χ4v) is 2.19. The van der Waals surface area contributed by atoms with Gasteiger partial charge in [0, 0.05) is 0 Å². The highest BCUT2D eigenvalue weighted by molar-refractivity contribution is 6.02. The molecular weight excluding hydrogens is 338 g/mol. The molecule has 0 atom stereocenters. The molecule has 0 fully saturated rings. The molecule has 2 aromatic carbocycles. The average Bonchev–Trinajstić information content (AvgIpc) is 2.66. The molecule has 0 aliphatic rings. The standard InChI is InChI=1S/C19H19NO6/c1-3-25-16-11-7-5-9-14(16)19(23)26-12-17(21)20-15-10-6-4-8-13(15)18(22)24-2/h4-11H,3,12H2,1-2H3,(H,20,21). The van der Waals surface area contributed by atoms with Crippen LogP contribution in [0.15, 0.2) is 48.5 Å². The number of rotatable bonds is 7. The molecule has 7 nitrogen and oxygen atoms in total. The van der Waals surface area contributed by atoms with Gasteiger partial charge in [0.1, 0.15) is 11.3 Å². The van der Waals surface area contributed by atoms with Gasteiger partial charge in [-0.3, -0.25) is 4.79 Å². The number of ether oxygens (including phenoxy) is 3. The van der Waals surface area contributed by atoms with Gasteiger partial charge < -0.3 is 19.5 Å². The van der Waals surface area contributed by atoms with Gasteiger partial charge in [0.05, 0.1) is 25.0 Å². The van der Waals surface area contributed by atoms with Gasteiger partial charge in [-0.05, 0) is 31.2 Å². The number of hydrogen-bond acceptors (Lipinski definition) is 6. The van der Waals surface area contributed by atoms with Crippen molar-refractivity contribution in [2.24, 2.45) is 0 Å². The average molecular weight is 357 g/mol. The van der Waals surface area contributed by atoms with Crippen LogP contribution in [0.5, 0.6) is 5.75 Å². The molecule has 2 aromatic rings. The summed E-state index contributed by atoms with van der Waals surface area (Å²) >= 11 is 0. The van der Waals surface area contributed by atoms with Gasteiger partial charge in [0.15, 0.2) is 6.61 Å². The number of esters is 2. The van der Waals surface area contributed by atoms with Crippen molar-refractivity contribution in [3.8, 4) is 5.75 Å². The van der Waals surface area contributed by atoms with E-state index in [2.05, 4.69) is 10.1 Å². The monoisotopic (exact) mass is 357 g/mol. The highest BCUT2D eigenvalue weighted by atomic mass is 16.5. The first-order valence-electron chi connectivity index (χ1n) is 7.93. The molecule has 0 aliphatic carbocycles. The predicted molar refractivity (Wildman–Crippen MR) is 94.3 cm³/mol. The topological polar surface area (TPSA) is 90.9 Å². The summed E-state index contributed by atoms with van der Waals surface area (Å²) < 4.78 is 15.1. The fraction of sp³-hybridized carbons (Fsp3) is 0.211. The molecule has 26 heavy (non-hydrogen) atoms. The highest BCUT2D eigenvalue weighted by Crippen LogP contribution is 2.19. The first kappa shape index (κ1) is 19.0. The maximum Gasteiger partial charge on any atom is 0.342 e. The maximum absolute atomic E-state index is 12.2. The Balaban J connectivity index is 2.00. The third-order valence-electron chi connectivity index (χ3n) is 3.35. The summed E-state index contributed by atoms with van der Waals surface area (Å²) in [6, 6.07) is 13.0. The second kappa shape index (κ2) is 9.22. The molecular formula is C19H19NO6. The van der Waals surface area contributed by atoms with Crippen LogP contribution in [-0.2, 0) is 14.3 Å². The Morgan fingerprint density at radius 1 is 0.923 bits per heavy atom. The van der Waals surface area contributed by atoms with Crippen LogP contribution in [0.3, 0.4) is 0 Å². The Morgan fingerprint density at radius 2 is 1.58 bits per heavy atom. The lowest BCUT2D eigenvalue weighted by molar-refractivity contribution is -0.119. The van der Waals surface area contributed by atoms with E-state index in [9.17, 15) is 14.4 Å². The van der Waals surface area contributed by atoms with Crippen LogP contribution in [0, 0.1) is 0 Å². The van der Waals surface area contributed by atoms with Crippen molar-refractivity contribution in [1.82, 2.24) is 0 Å². The second-order valence-corrected chi connectivity index (χ2v) is 5.09. The lowest BCUT2D eigenvalue weighted by Gasteiger charge is -2.11. The number of para-hydroxylation sites is 2. The van der Waals surface area contributed by atoms with E-state index in [1.165, 1.54) is 13.2 Å². The zero-order valence-electron chi connectivity index (χ0n) is 14.5. The highest BCUT2D eigenvalue weighted by Gasteiger charge is 2.17. The lowest BCUT2D eigenvalue weighted by Crippen LogP contribution is -2.22. The van der Waals surface area contributed by atoms with Gasteiger partial charge in [-0.1, -0.05) is 24.3 Å². The van der Waals surface area contributed by atoms with Crippen LogP contribution in [0.2, 0.25) is 0 Å². The van der Waals surface area contributed by atoms with Crippen molar-refractivity contribution in [1.29, 1.82) is 0 Å². The Morgan fingerprint density at radius 3 is 2.27 bits per heavy atom. The Bertz CT molecular complexity index is 802. The zero-order chi connectivity index (χ0) is 18.9. The number of hydrogen-bond donors (Lipinski definition) is 1. The van der Waals surface area contributed by atoms with E-state index in [1.807, 2.05) is 0 Å². The number of carbonyl (C=O) groups is 3. The molecule has 7 heteroatoms. The summed E-state index contributed by atoms with van der Waals surface area (Å²) in [4.78, 5) is 35.9. The number of anilines is 1. The Hall–Kier alpha value is -3.35. The molecule has 0 aliphatic heterocycles. The smallest absolute Gasteiger partial charge is 0.342 e. The van der Waals surface area contributed by atoms with Gasteiger partial charge in [-0.25, -0.2) is 9.59 Å². The molecule has 0 aromatic heterocycles. The summed E-state index contributed by atoms with van der Waals surface area (Å²) in [6.07, 6.45) is 0. The summed E-state index contributed by atoms with van der Waals surface area (Å²) in [5.74, 6) is -1.45. The van der Waals surface area contributed by atoms with E-state index < -0.39 is 24.5 Å². The minimum atomic E-state index is -0.676. The Labute approximate surface area is 150 Å². The van der Waals surface area contributed by atoms with Crippen molar-refractivity contribution in [3.05, 3.63) is 59.7 Å². The zero-order valence-corrected chi connectivity index (χ0v) is 14.5. The minimum absolute atomic E-state index is 0.205. The quantitative estimate of drug-likeness (QED) is 0.766. The molecule has 2 rings (SSSR count). The van der Waals surface area contributed by atoms with E-state index in [-0.39, 0.29) is 16.8 Å². The van der Waals surface area contributed by atoms with E-state index in [4.69, 9.17) is 9.47 Å². The summed E-state index contributed by atoms with van der Waals surface area (Å²) in [6.45, 7) is 1.69. The molecule has 1 N–H and O–H groups in total. The van der Waals surface area contributed by atoms with Gasteiger partial charge >= 0.3 is 11.9 Å². The molecule has 0 saturated heterocycles. The van der Waals surface area contributed by atoms with Gasteiger partial charge in [-0.15, -0.1) is 0 Å². The molecule has 0 bridgehead atoms. The van der Waals surface area contributed by atoms with Crippen molar-refractivity contribution in [2.75, 3.05) is 25.6 Å². The Kier molecular flexibility index (Phi) is 6.73. The third-order valence-corrected chi connectivity index (χ3v) is 3.35. The molecule has 0 spiro atoms. The van der Waals surface area contributed by atoms with Gasteiger partial charge in [-0.2, -0.15) is 0 Å². The number of methoxy groups -OCH3 is 1. The molecule has 0 saturated carbocycles. The molecule has 1 amide bonds. The van der Waals surface area contributed by atoms with Crippen LogP contribution < -0.4 is 10.1 Å². The number of nitrogens with one attached hydrogen (secondary N) is 1. The van der Waals surface area contributed by atoms with E-state index in [1.54, 1.807) is 49.4 Å². The van der Waals surface area contributed by atoms with Crippen LogP contribution in [0.4, 0.5) is 5.69 Å². The molecule has 0 unspecified atom stereocenters. The normalized spacial score (nSPS) is 9.92. The summed E-state index contributed by atoms with van der Waals surface area (Å²) in [7, 11) is 1.25. The van der Waals surface area contributed by atoms with E-state index >= 15 is 0 Å². The van der Waals surface area contributed by atoms with Crippen LogP contribution >= 0.6 is 0 Å². The summed E-state index contributed by atoms with van der Waals surface area (Å²) in [5.41, 5.74) is 0.712. The summed E-state index contributed by atoms with van der Waals surface area (Å²) in [5, 5.41) is 2.52. The predicted octanol–water partition coefficient (Wildman–Crippen LogP) is 2.67. The van der Waals surface area contributed by atoms with Crippen molar-refractivity contribution < 1.29 is 28.6 Å². The van der Waals surface area contributed by atoms with Crippen LogP contribution in [0.1, 0.15) is 27.6 Å². The van der Waals surface area contributed by atoms with Crippen molar-refractivity contribution >= 4 is 23.5 Å². The second-order valence-electron chi connectivity index (χ2n) is 5.09. The third kappa shape index (κ3) is 4.83. The van der Waals surface area contributed by atoms with Crippen LogP contribution in [-0.4, -0.2) is 38.2 Å².